The third kappa shape index (κ3) is 4.94. The number of nitrogens with one attached hydrogen (secondary N) is 1. The van der Waals surface area contributed by atoms with Crippen LogP contribution < -0.4 is 5.32 Å². The fraction of sp³-hybridized carbons (Fsp3) is 0.375. The van der Waals surface area contributed by atoms with Crippen LogP contribution in [-0.2, 0) is 9.53 Å². The van der Waals surface area contributed by atoms with Gasteiger partial charge in [0.1, 0.15) is 0 Å². The van der Waals surface area contributed by atoms with Crippen molar-refractivity contribution in [1.82, 2.24) is 20.0 Å². The number of likely N-dealkylation sites (N-methyl/N-ethyl adjacent to an activating group) is 1. The fourth-order valence-corrected chi connectivity index (χ4v) is 4.86. The van der Waals surface area contributed by atoms with Crippen molar-refractivity contribution < 1.29 is 19.1 Å². The average molecular weight is 469 g/mol. The molecule has 2 aromatic rings. The average Bonchev–Trinajstić information content (AvgIpc) is 3.37. The van der Waals surface area contributed by atoms with Crippen LogP contribution in [0.4, 0.5) is 4.79 Å². The normalized spacial score (nSPS) is 19.5. The molecule has 1 aromatic heterocycles. The van der Waals surface area contributed by atoms with Gasteiger partial charge in [-0.15, -0.1) is 0 Å². The Bertz CT molecular complexity index is 1030. The molecule has 8 nitrogen and oxygen atoms in total. The van der Waals surface area contributed by atoms with Crippen LogP contribution in [0.1, 0.15) is 28.9 Å². The van der Waals surface area contributed by atoms with E-state index in [9.17, 15) is 14.4 Å². The van der Waals surface area contributed by atoms with Gasteiger partial charge in [-0.3, -0.25) is 14.6 Å². The number of amides is 3. The van der Waals surface area contributed by atoms with Gasteiger partial charge in [0, 0.05) is 51.0 Å². The fourth-order valence-electron chi connectivity index (χ4n) is 4.17. The van der Waals surface area contributed by atoms with E-state index in [4.69, 9.17) is 4.74 Å². The summed E-state index contributed by atoms with van der Waals surface area (Å²) in [6.45, 7) is 4.91. The predicted molar refractivity (Wildman–Crippen MR) is 126 cm³/mol. The van der Waals surface area contributed by atoms with Crippen molar-refractivity contribution in [2.45, 2.75) is 13.0 Å². The second-order valence-electron chi connectivity index (χ2n) is 8.01. The first-order valence-electron chi connectivity index (χ1n) is 11.0. The van der Waals surface area contributed by atoms with E-state index < -0.39 is 12.0 Å². The Balaban J connectivity index is 1.54. The lowest BCUT2D eigenvalue weighted by Gasteiger charge is -2.39. The lowest BCUT2D eigenvalue weighted by Crippen LogP contribution is -2.53. The first kappa shape index (κ1) is 23.0. The standard InChI is InChI=1S/C24H28N4O4S/c1-3-32-23(30)20-19(26(2)24(31)25-21(20)18-9-14-33-16-18)15-27-10-12-28(13-11-27)22(29)17-7-5-4-6-8-17/h4-9,14,16,21H,3,10-13,15H2,1-2H3,(H,25,31)/t21-/m1/s1. The zero-order chi connectivity index (χ0) is 23.4. The highest BCUT2D eigenvalue weighted by atomic mass is 32.1. The van der Waals surface area contributed by atoms with E-state index in [1.54, 1.807) is 14.0 Å². The molecule has 1 atom stereocenters. The molecule has 0 aliphatic carbocycles. The van der Waals surface area contributed by atoms with E-state index in [1.807, 2.05) is 52.1 Å². The molecule has 2 aliphatic rings. The number of benzene rings is 1. The zero-order valence-corrected chi connectivity index (χ0v) is 19.6. The Hall–Kier alpha value is -3.17. The molecular weight excluding hydrogens is 440 g/mol. The number of hydrogen-bond acceptors (Lipinski definition) is 6. The molecule has 0 radical (unpaired) electrons. The number of hydrogen-bond donors (Lipinski definition) is 1. The minimum Gasteiger partial charge on any atom is -0.463 e. The van der Waals surface area contributed by atoms with Gasteiger partial charge in [0.15, 0.2) is 0 Å². The number of carbonyl (C=O) groups is 3. The molecule has 1 fully saturated rings. The Morgan fingerprint density at radius 3 is 2.48 bits per heavy atom. The van der Waals surface area contributed by atoms with E-state index in [0.717, 1.165) is 5.56 Å². The second kappa shape index (κ2) is 10.2. The molecule has 9 heteroatoms. The first-order chi connectivity index (χ1) is 16.0. The smallest absolute Gasteiger partial charge is 0.338 e. The lowest BCUT2D eigenvalue weighted by molar-refractivity contribution is -0.139. The van der Waals surface area contributed by atoms with Gasteiger partial charge in [-0.1, -0.05) is 18.2 Å². The van der Waals surface area contributed by atoms with Crippen molar-refractivity contribution in [2.75, 3.05) is 46.4 Å². The number of ether oxygens (including phenoxy) is 1. The Labute approximate surface area is 197 Å². The quantitative estimate of drug-likeness (QED) is 0.660. The van der Waals surface area contributed by atoms with Crippen LogP contribution in [-0.4, -0.2) is 79.0 Å². The minimum absolute atomic E-state index is 0.0216. The van der Waals surface area contributed by atoms with Crippen molar-refractivity contribution >= 4 is 29.2 Å². The summed E-state index contributed by atoms with van der Waals surface area (Å²) in [6.07, 6.45) is 0. The van der Waals surface area contributed by atoms with E-state index >= 15 is 0 Å². The summed E-state index contributed by atoms with van der Waals surface area (Å²) >= 11 is 1.51. The summed E-state index contributed by atoms with van der Waals surface area (Å²) < 4.78 is 5.37. The molecular formula is C24H28N4O4S. The summed E-state index contributed by atoms with van der Waals surface area (Å²) in [5.41, 5.74) is 2.64. The Morgan fingerprint density at radius 2 is 1.85 bits per heavy atom. The maximum atomic E-state index is 13.0. The van der Waals surface area contributed by atoms with Crippen LogP contribution in [0.15, 0.2) is 58.4 Å². The van der Waals surface area contributed by atoms with Crippen molar-refractivity contribution in [3.63, 3.8) is 0 Å². The number of esters is 1. The van der Waals surface area contributed by atoms with Gasteiger partial charge in [-0.2, -0.15) is 11.3 Å². The maximum absolute atomic E-state index is 13.0. The molecule has 0 bridgehead atoms. The van der Waals surface area contributed by atoms with Crippen LogP contribution in [0.25, 0.3) is 0 Å². The Kier molecular flexibility index (Phi) is 7.10. The van der Waals surface area contributed by atoms with Gasteiger partial charge in [0.2, 0.25) is 0 Å². The van der Waals surface area contributed by atoms with Crippen LogP contribution in [0.3, 0.4) is 0 Å². The maximum Gasteiger partial charge on any atom is 0.338 e. The van der Waals surface area contributed by atoms with Gasteiger partial charge >= 0.3 is 12.0 Å². The molecule has 3 amide bonds. The minimum atomic E-state index is -0.546. The van der Waals surface area contributed by atoms with E-state index in [1.165, 1.54) is 16.2 Å². The first-order valence-corrected chi connectivity index (χ1v) is 12.0. The van der Waals surface area contributed by atoms with Crippen molar-refractivity contribution in [3.05, 3.63) is 69.6 Å². The summed E-state index contributed by atoms with van der Waals surface area (Å²) in [5, 5.41) is 6.78. The van der Waals surface area contributed by atoms with E-state index in [0.29, 0.717) is 49.6 Å². The summed E-state index contributed by atoms with van der Waals surface area (Å²) in [6, 6.07) is 10.4. The van der Waals surface area contributed by atoms with Crippen molar-refractivity contribution in [2.24, 2.45) is 0 Å². The van der Waals surface area contributed by atoms with Gasteiger partial charge in [0.25, 0.3) is 5.91 Å². The largest absolute Gasteiger partial charge is 0.463 e. The third-order valence-electron chi connectivity index (χ3n) is 6.00. The predicted octanol–water partition coefficient (Wildman–Crippen LogP) is 2.72. The highest BCUT2D eigenvalue weighted by Gasteiger charge is 2.38. The van der Waals surface area contributed by atoms with Crippen LogP contribution in [0.5, 0.6) is 0 Å². The van der Waals surface area contributed by atoms with E-state index in [2.05, 4.69) is 10.2 Å². The molecule has 1 N–H and O–H groups in total. The van der Waals surface area contributed by atoms with Gasteiger partial charge in [-0.25, -0.2) is 9.59 Å². The SMILES string of the molecule is CCOC(=O)C1=C(CN2CCN(C(=O)c3ccccc3)CC2)N(C)C(=O)N[C@@H]1c1ccsc1. The molecule has 1 aromatic carbocycles. The van der Waals surface area contributed by atoms with Crippen LogP contribution >= 0.6 is 11.3 Å². The summed E-state index contributed by atoms with van der Waals surface area (Å²) in [4.78, 5) is 44.0. The number of urea groups is 1. The highest BCUT2D eigenvalue weighted by molar-refractivity contribution is 7.08. The van der Waals surface area contributed by atoms with Crippen molar-refractivity contribution in [3.8, 4) is 0 Å². The molecule has 2 aliphatic heterocycles. The number of thiophene rings is 1. The molecule has 0 saturated carbocycles. The lowest BCUT2D eigenvalue weighted by atomic mass is 9.96. The van der Waals surface area contributed by atoms with Crippen molar-refractivity contribution in [1.29, 1.82) is 0 Å². The number of nitrogens with zero attached hydrogens (tertiary/aromatic N) is 3. The molecule has 0 spiro atoms. The molecule has 4 rings (SSSR count). The zero-order valence-electron chi connectivity index (χ0n) is 18.8. The molecule has 3 heterocycles. The highest BCUT2D eigenvalue weighted by Crippen LogP contribution is 2.32. The molecule has 33 heavy (non-hydrogen) atoms. The third-order valence-corrected chi connectivity index (χ3v) is 6.70. The van der Waals surface area contributed by atoms with Gasteiger partial charge in [0.05, 0.1) is 18.2 Å². The second-order valence-corrected chi connectivity index (χ2v) is 8.79. The van der Waals surface area contributed by atoms with E-state index in [-0.39, 0.29) is 18.5 Å². The monoisotopic (exact) mass is 468 g/mol. The van der Waals surface area contributed by atoms with Gasteiger partial charge in [-0.05, 0) is 41.4 Å². The number of piperazine rings is 1. The molecule has 1 saturated heterocycles. The van der Waals surface area contributed by atoms with Gasteiger partial charge < -0.3 is 15.0 Å². The molecule has 174 valence electrons. The summed E-state index contributed by atoms with van der Waals surface area (Å²) in [5.74, 6) is -0.401. The van der Waals surface area contributed by atoms with Crippen LogP contribution in [0, 0.1) is 0 Å². The molecule has 0 unspecified atom stereocenters. The number of rotatable bonds is 6. The Morgan fingerprint density at radius 1 is 1.12 bits per heavy atom. The van der Waals surface area contributed by atoms with Crippen LogP contribution in [0.2, 0.25) is 0 Å². The summed E-state index contributed by atoms with van der Waals surface area (Å²) in [7, 11) is 1.67. The topological polar surface area (TPSA) is 82.2 Å². The number of carbonyl (C=O) groups excluding carboxylic acids is 3.